The lowest BCUT2D eigenvalue weighted by Crippen LogP contribution is -2.13. The van der Waals surface area contributed by atoms with Gasteiger partial charge in [-0.2, -0.15) is 0 Å². The summed E-state index contributed by atoms with van der Waals surface area (Å²) < 4.78 is 0. The first-order valence-electron chi connectivity index (χ1n) is 6.40. The minimum atomic E-state index is -0.155. The van der Waals surface area contributed by atoms with Crippen LogP contribution in [0.25, 0.3) is 0 Å². The second-order valence-electron chi connectivity index (χ2n) is 4.70. The van der Waals surface area contributed by atoms with E-state index in [1.165, 1.54) is 0 Å². The van der Waals surface area contributed by atoms with Crippen LogP contribution in [0.5, 0.6) is 0 Å². The zero-order valence-electron chi connectivity index (χ0n) is 11.5. The van der Waals surface area contributed by atoms with Crippen molar-refractivity contribution in [2.24, 2.45) is 0 Å². The molecule has 0 fully saturated rings. The number of benzene rings is 2. The molecule has 1 amide bonds. The molecule has 104 valence electrons. The van der Waals surface area contributed by atoms with Gasteiger partial charge in [-0.25, -0.2) is 0 Å². The monoisotopic (exact) mass is 288 g/mol. The van der Waals surface area contributed by atoms with Crippen LogP contribution in [-0.4, -0.2) is 13.0 Å². The topological polar surface area (TPSA) is 41.1 Å². The van der Waals surface area contributed by atoms with Crippen molar-refractivity contribution >= 4 is 23.2 Å². The van der Waals surface area contributed by atoms with E-state index in [0.29, 0.717) is 10.6 Å². The first-order chi connectivity index (χ1) is 9.58. The average Bonchev–Trinajstić information content (AvgIpc) is 2.38. The fourth-order valence-electron chi connectivity index (χ4n) is 2.03. The number of hydrogen-bond donors (Lipinski definition) is 2. The number of amides is 1. The van der Waals surface area contributed by atoms with Crippen molar-refractivity contribution in [3.05, 3.63) is 64.2 Å². The van der Waals surface area contributed by atoms with Crippen LogP contribution < -0.4 is 10.6 Å². The molecule has 0 saturated heterocycles. The molecule has 0 atom stereocenters. The normalized spacial score (nSPS) is 10.3. The molecule has 3 nitrogen and oxygen atoms in total. The van der Waals surface area contributed by atoms with E-state index in [-0.39, 0.29) is 5.91 Å². The largest absolute Gasteiger partial charge is 0.322 e. The van der Waals surface area contributed by atoms with E-state index in [2.05, 4.69) is 10.6 Å². The number of halogens is 1. The highest BCUT2D eigenvalue weighted by Gasteiger charge is 2.08. The second-order valence-corrected chi connectivity index (χ2v) is 5.14. The minimum absolute atomic E-state index is 0.155. The van der Waals surface area contributed by atoms with Crippen molar-refractivity contribution in [1.29, 1.82) is 0 Å². The summed E-state index contributed by atoms with van der Waals surface area (Å²) in [6.45, 7) is 2.68. The predicted octanol–water partition coefficient (Wildman–Crippen LogP) is 3.62. The highest BCUT2D eigenvalue weighted by atomic mass is 35.5. The van der Waals surface area contributed by atoms with E-state index in [0.717, 1.165) is 23.4 Å². The Balaban J connectivity index is 2.16. The SMILES string of the molecule is CNCc1cccc(NC(=O)c2cc(C)cc(Cl)c2)c1. The Morgan fingerprint density at radius 2 is 2.00 bits per heavy atom. The lowest BCUT2D eigenvalue weighted by molar-refractivity contribution is 0.102. The predicted molar refractivity (Wildman–Crippen MR) is 83.3 cm³/mol. The van der Waals surface area contributed by atoms with Gasteiger partial charge in [0.2, 0.25) is 0 Å². The number of aryl methyl sites for hydroxylation is 1. The van der Waals surface area contributed by atoms with Gasteiger partial charge in [-0.15, -0.1) is 0 Å². The Morgan fingerprint density at radius 3 is 2.70 bits per heavy atom. The van der Waals surface area contributed by atoms with Crippen molar-refractivity contribution in [2.45, 2.75) is 13.5 Å². The van der Waals surface area contributed by atoms with Crippen LogP contribution in [0.15, 0.2) is 42.5 Å². The molecular formula is C16H17ClN2O. The van der Waals surface area contributed by atoms with Crippen LogP contribution in [0.4, 0.5) is 5.69 Å². The first-order valence-corrected chi connectivity index (χ1v) is 6.78. The molecule has 2 aromatic carbocycles. The third kappa shape index (κ3) is 3.83. The Morgan fingerprint density at radius 1 is 1.20 bits per heavy atom. The third-order valence-electron chi connectivity index (χ3n) is 2.87. The van der Waals surface area contributed by atoms with Gasteiger partial charge in [-0.05, 0) is 55.4 Å². The van der Waals surface area contributed by atoms with Crippen LogP contribution in [0.1, 0.15) is 21.5 Å². The standard InChI is InChI=1S/C16H17ClN2O/c1-11-6-13(9-14(17)7-11)16(20)19-15-5-3-4-12(8-15)10-18-2/h3-9,18H,10H2,1-2H3,(H,19,20). The molecule has 2 N–H and O–H groups in total. The Kier molecular flexibility index (Phi) is 4.77. The van der Waals surface area contributed by atoms with Crippen LogP contribution in [-0.2, 0) is 6.54 Å². The fourth-order valence-corrected chi connectivity index (χ4v) is 2.32. The fraction of sp³-hybridized carbons (Fsp3) is 0.188. The maximum Gasteiger partial charge on any atom is 0.255 e. The van der Waals surface area contributed by atoms with E-state index in [9.17, 15) is 4.79 Å². The minimum Gasteiger partial charge on any atom is -0.322 e. The Hall–Kier alpha value is -1.84. The van der Waals surface area contributed by atoms with Gasteiger partial charge in [0.15, 0.2) is 0 Å². The summed E-state index contributed by atoms with van der Waals surface area (Å²) in [5.41, 5.74) is 3.42. The highest BCUT2D eigenvalue weighted by molar-refractivity contribution is 6.31. The number of carbonyl (C=O) groups excluding carboxylic acids is 1. The van der Waals surface area contributed by atoms with Crippen molar-refractivity contribution in [2.75, 3.05) is 12.4 Å². The quantitative estimate of drug-likeness (QED) is 0.902. The molecular weight excluding hydrogens is 272 g/mol. The molecule has 0 heterocycles. The Labute approximate surface area is 124 Å². The third-order valence-corrected chi connectivity index (χ3v) is 3.09. The summed E-state index contributed by atoms with van der Waals surface area (Å²) in [5, 5.41) is 6.54. The van der Waals surface area contributed by atoms with E-state index in [1.807, 2.05) is 50.4 Å². The molecule has 4 heteroatoms. The molecule has 0 saturated carbocycles. The van der Waals surface area contributed by atoms with Crippen molar-refractivity contribution in [3.8, 4) is 0 Å². The van der Waals surface area contributed by atoms with Gasteiger partial charge in [0, 0.05) is 22.8 Å². The second kappa shape index (κ2) is 6.55. The molecule has 0 bridgehead atoms. The summed E-state index contributed by atoms with van der Waals surface area (Å²) in [5.74, 6) is -0.155. The molecule has 0 spiro atoms. The molecule has 2 rings (SSSR count). The van der Waals surface area contributed by atoms with Gasteiger partial charge in [0.25, 0.3) is 5.91 Å². The van der Waals surface area contributed by atoms with Crippen molar-refractivity contribution in [1.82, 2.24) is 5.32 Å². The van der Waals surface area contributed by atoms with Gasteiger partial charge in [0.05, 0.1) is 0 Å². The lowest BCUT2D eigenvalue weighted by Gasteiger charge is -2.08. The first kappa shape index (κ1) is 14.6. The lowest BCUT2D eigenvalue weighted by atomic mass is 10.1. The van der Waals surface area contributed by atoms with E-state index in [4.69, 9.17) is 11.6 Å². The molecule has 0 aliphatic carbocycles. The van der Waals surface area contributed by atoms with Crippen LogP contribution in [0, 0.1) is 6.92 Å². The molecule has 0 unspecified atom stereocenters. The van der Waals surface area contributed by atoms with Gasteiger partial charge in [-0.3, -0.25) is 4.79 Å². The molecule has 0 aliphatic heterocycles. The zero-order valence-corrected chi connectivity index (χ0v) is 12.3. The number of nitrogens with one attached hydrogen (secondary N) is 2. The van der Waals surface area contributed by atoms with Crippen LogP contribution in [0.3, 0.4) is 0 Å². The van der Waals surface area contributed by atoms with E-state index in [1.54, 1.807) is 6.07 Å². The summed E-state index contributed by atoms with van der Waals surface area (Å²) in [6.07, 6.45) is 0. The zero-order chi connectivity index (χ0) is 14.5. The number of carbonyl (C=O) groups is 1. The maximum atomic E-state index is 12.2. The highest BCUT2D eigenvalue weighted by Crippen LogP contribution is 2.17. The number of rotatable bonds is 4. The average molecular weight is 289 g/mol. The van der Waals surface area contributed by atoms with Gasteiger partial charge in [-0.1, -0.05) is 23.7 Å². The van der Waals surface area contributed by atoms with Crippen molar-refractivity contribution in [3.63, 3.8) is 0 Å². The van der Waals surface area contributed by atoms with Crippen LogP contribution >= 0.6 is 11.6 Å². The summed E-state index contributed by atoms with van der Waals surface area (Å²) in [4.78, 5) is 12.2. The number of hydrogen-bond acceptors (Lipinski definition) is 2. The molecule has 2 aromatic rings. The molecule has 0 aromatic heterocycles. The molecule has 20 heavy (non-hydrogen) atoms. The van der Waals surface area contributed by atoms with E-state index < -0.39 is 0 Å². The molecule has 0 radical (unpaired) electrons. The smallest absolute Gasteiger partial charge is 0.255 e. The van der Waals surface area contributed by atoms with Crippen LogP contribution in [0.2, 0.25) is 5.02 Å². The molecule has 0 aliphatic rings. The van der Waals surface area contributed by atoms with Gasteiger partial charge >= 0.3 is 0 Å². The van der Waals surface area contributed by atoms with E-state index >= 15 is 0 Å². The Bertz CT molecular complexity index is 605. The van der Waals surface area contributed by atoms with Gasteiger partial charge < -0.3 is 10.6 Å². The summed E-state index contributed by atoms with van der Waals surface area (Å²) in [7, 11) is 1.89. The maximum absolute atomic E-state index is 12.2. The number of anilines is 1. The summed E-state index contributed by atoms with van der Waals surface area (Å²) in [6, 6.07) is 13.1. The summed E-state index contributed by atoms with van der Waals surface area (Å²) >= 11 is 5.98. The van der Waals surface area contributed by atoms with Crippen molar-refractivity contribution < 1.29 is 4.79 Å². The van der Waals surface area contributed by atoms with Gasteiger partial charge in [0.1, 0.15) is 0 Å².